The number of hydrazine groups is 1. The second kappa shape index (κ2) is 56.1. The van der Waals surface area contributed by atoms with E-state index in [1.54, 1.807) is 72.2 Å². The second-order valence-electron chi connectivity index (χ2n) is 33.5. The number of ketones is 1. The Kier molecular flexibility index (Phi) is 64.0. The van der Waals surface area contributed by atoms with Crippen molar-refractivity contribution in [2.45, 2.75) is 405 Å². The van der Waals surface area contributed by atoms with Crippen LogP contribution in [0.1, 0.15) is 359 Å². The van der Waals surface area contributed by atoms with Gasteiger partial charge in [-0.05, 0) is 182 Å². The van der Waals surface area contributed by atoms with Gasteiger partial charge >= 0.3 is 17.9 Å². The molecule has 0 aromatic carbocycles. The van der Waals surface area contributed by atoms with E-state index < -0.39 is 56.0 Å². The van der Waals surface area contributed by atoms with E-state index in [2.05, 4.69) is 107 Å². The molecule has 0 aromatic heterocycles. The number of sulfone groups is 1. The fourth-order valence-corrected chi connectivity index (χ4v) is 10.1. The van der Waals surface area contributed by atoms with Crippen molar-refractivity contribution in [2.75, 3.05) is 31.2 Å². The molecule has 2 atom stereocenters. The molecule has 1 saturated heterocycles. The lowest BCUT2D eigenvalue weighted by Gasteiger charge is -2.44. The number of nitrogens with zero attached hydrogens (tertiary/aromatic N) is 6. The number of hydrogen-bond donors (Lipinski definition) is 1. The van der Waals surface area contributed by atoms with Crippen molar-refractivity contribution < 1.29 is 70.9 Å². The van der Waals surface area contributed by atoms with Crippen molar-refractivity contribution in [3.05, 3.63) is 5.21 Å². The first-order valence-corrected chi connectivity index (χ1v) is 37.7. The van der Waals surface area contributed by atoms with Crippen LogP contribution in [0.2, 0.25) is 0 Å². The smallest absolute Gasteiger partial charge is 0.333 e. The highest BCUT2D eigenvalue weighted by atomic mass is 32.2. The first kappa shape index (κ1) is 114. The minimum Gasteiger partial charge on any atom is -0.569 e. The summed E-state index contributed by atoms with van der Waals surface area (Å²) in [6.07, 6.45) is 18.8. The van der Waals surface area contributed by atoms with Gasteiger partial charge in [-0.3, -0.25) is 24.0 Å². The van der Waals surface area contributed by atoms with E-state index in [9.17, 15) is 42.4 Å². The largest absolute Gasteiger partial charge is 0.569 e. The van der Waals surface area contributed by atoms with E-state index >= 15 is 0 Å². The maximum absolute atomic E-state index is 12.0. The summed E-state index contributed by atoms with van der Waals surface area (Å²) in [6.45, 7) is 63.7. The molecule has 0 aromatic rings. The zero-order chi connectivity index (χ0) is 77.7. The summed E-state index contributed by atoms with van der Waals surface area (Å²) >= 11 is 8.83. The van der Waals surface area contributed by atoms with Gasteiger partial charge in [-0.1, -0.05) is 170 Å². The molecule has 0 saturated carbocycles. The van der Waals surface area contributed by atoms with Gasteiger partial charge in [0.05, 0.1) is 54.7 Å². The molecule has 1 N–H and O–H groups in total. The Morgan fingerprint density at radius 3 is 1.32 bits per heavy atom. The Morgan fingerprint density at radius 1 is 0.560 bits per heavy atom. The lowest BCUT2D eigenvalue weighted by atomic mass is 9.88. The summed E-state index contributed by atoms with van der Waals surface area (Å²) in [7, 11) is -3.30. The number of esters is 3. The number of ether oxygens (including phenoxy) is 3. The van der Waals surface area contributed by atoms with E-state index in [1.807, 2.05) is 90.0 Å². The SMILES string of the molecule is C.C.C.CC(=O)N(C(C)C(C)(C)ON=S)C(C)(C)C.CC(=O)NC(C(=O)OC(C)(C)C)C(C)(C)ON=S.CC(C)(C)CO/N=[N+](\[O-])N1CCCC1.CCCCCC(=O)CC(C)(C)C.CCCCCC(=O)OC(C)(C)C.CCCCCC(C)(C)C.CCCCCS(=O)(=O)CC(=O)OC(C)(C)C. The Morgan fingerprint density at radius 2 is 0.960 bits per heavy atom. The van der Waals surface area contributed by atoms with Crippen LogP contribution in [0.3, 0.4) is 0 Å². The molecule has 1 heterocycles. The predicted octanol–water partition coefficient (Wildman–Crippen LogP) is 19.6. The molecule has 2 amide bonds. The molecule has 100 heavy (non-hydrogen) atoms. The Bertz CT molecular complexity index is 2300. The normalized spacial score (nSPS) is 13.2. The van der Waals surface area contributed by atoms with E-state index in [-0.39, 0.29) is 73.8 Å². The standard InChI is InChI=1S/C11H20N2O4S.C11H22N2O2S.C11H22O4S.C11H22O.C10H20O2.C9H19N3O2.C9H20.3CH4/c1-7(14)12-8(11(5,6)17-13-18)9(15)16-10(2,3)4;1-8(11(6,7)15-12-16)13(9(2)14)10(3,4)5;1-5-6-7-8-16(13,14)9-10(12)15-11(2,3)4;1-5-6-7-8-10(12)9-11(2,3)4;1-5-6-7-8-9(11)12-10(2,3)4;1-9(2,3)8-14-10-12(13)11-6-4-5-7-11;1-5-6-7-8-9(2,3)4;;;/h8H,1-6H3,(H,12,14);8H,1-7H3;5-9H2,1-4H3;5-9H2,1-4H3;5-8H2,1-4H3;4-8H2,1-3H3;5-8H2,1-4H3;3*1H4/b;;;;;12-10-;;;;. The molecule has 22 nitrogen and oxygen atoms in total. The highest BCUT2D eigenvalue weighted by Gasteiger charge is 2.42. The van der Waals surface area contributed by atoms with Crippen LogP contribution in [0.4, 0.5) is 0 Å². The number of carbonyl (C=O) groups is 6. The fraction of sp³-hybridized carbons (Fsp3) is 0.920. The summed E-state index contributed by atoms with van der Waals surface area (Å²) in [4.78, 5) is 86.1. The third-order valence-corrected chi connectivity index (χ3v) is 14.9. The van der Waals surface area contributed by atoms with Gasteiger partial charge in [0, 0.05) is 38.6 Å². The lowest BCUT2D eigenvalue weighted by molar-refractivity contribution is -0.707. The van der Waals surface area contributed by atoms with Crippen LogP contribution in [0.5, 0.6) is 0 Å². The van der Waals surface area contributed by atoms with Gasteiger partial charge < -0.3 is 44.1 Å². The van der Waals surface area contributed by atoms with E-state index in [4.69, 9.17) is 28.7 Å². The lowest BCUT2D eigenvalue weighted by Crippen LogP contribution is -2.57. The first-order valence-electron chi connectivity index (χ1n) is 35.2. The van der Waals surface area contributed by atoms with Gasteiger partial charge in [0.25, 0.3) is 0 Å². The Labute approximate surface area is 625 Å². The van der Waals surface area contributed by atoms with Crippen LogP contribution in [-0.4, -0.2) is 136 Å². The van der Waals surface area contributed by atoms with Crippen molar-refractivity contribution in [3.63, 3.8) is 0 Å². The topological polar surface area (TPSA) is 274 Å². The molecule has 0 aliphatic carbocycles. The minimum absolute atomic E-state index is 0. The molecule has 1 aliphatic heterocycles. The monoisotopic (exact) mass is 1490 g/mol. The van der Waals surface area contributed by atoms with Crippen molar-refractivity contribution in [3.8, 4) is 0 Å². The summed E-state index contributed by atoms with van der Waals surface area (Å²) in [5, 5.41) is 18.9. The van der Waals surface area contributed by atoms with Gasteiger partial charge in [0.1, 0.15) is 34.9 Å². The van der Waals surface area contributed by atoms with Gasteiger partial charge in [0.15, 0.2) is 27.1 Å². The third-order valence-electron chi connectivity index (χ3n) is 13.2. The molecular weight excluding hydrogens is 1340 g/mol. The van der Waals surface area contributed by atoms with Crippen LogP contribution in [-0.2, 0) is 92.2 Å². The number of unbranched alkanes of at least 4 members (excludes halogenated alkanes) is 8. The fourth-order valence-electron chi connectivity index (χ4n) is 8.50. The predicted molar refractivity (Wildman–Crippen MR) is 418 cm³/mol. The average molecular weight is 1490 g/mol. The number of amides is 2. The van der Waals surface area contributed by atoms with Crippen LogP contribution < -0.4 is 5.32 Å². The maximum Gasteiger partial charge on any atom is 0.333 e. The first-order chi connectivity index (χ1) is 43.7. The maximum atomic E-state index is 12.0. The molecule has 1 fully saturated rings. The van der Waals surface area contributed by atoms with E-state index in [0.29, 0.717) is 35.6 Å². The zero-order valence-corrected chi connectivity index (χ0v) is 69.9. The van der Waals surface area contributed by atoms with Gasteiger partial charge in [-0.2, -0.15) is 0 Å². The summed E-state index contributed by atoms with van der Waals surface area (Å²) in [6, 6.07) is -1.10. The van der Waals surface area contributed by atoms with Crippen molar-refractivity contribution in [1.82, 2.24) is 15.2 Å². The van der Waals surface area contributed by atoms with Crippen molar-refractivity contribution in [2.24, 2.45) is 30.6 Å². The summed E-state index contributed by atoms with van der Waals surface area (Å²) in [5.41, 5.74) is -2.80. The number of hydrogen-bond acceptors (Lipinski definition) is 20. The molecule has 25 heteroatoms. The van der Waals surface area contributed by atoms with E-state index in [1.165, 1.54) is 45.4 Å². The number of Topliss-reactive ketones (excluding diaryl/α,β-unsaturated/α-hetero) is 1. The van der Waals surface area contributed by atoms with Crippen LogP contribution in [0, 0.1) is 21.5 Å². The third kappa shape index (κ3) is 76.3. The number of nitrogens with one attached hydrogen (secondary N) is 1. The molecule has 1 rings (SSSR count). The molecule has 0 spiro atoms. The Balaban J connectivity index is -0.000000138. The van der Waals surface area contributed by atoms with Crippen LogP contribution in [0.15, 0.2) is 14.3 Å². The highest BCUT2D eigenvalue weighted by molar-refractivity contribution is 7.92. The molecule has 1 aliphatic rings. The summed E-state index contributed by atoms with van der Waals surface area (Å²) < 4.78 is 44.8. The Hall–Kier alpha value is -4.39. The van der Waals surface area contributed by atoms with Crippen LogP contribution in [0.25, 0.3) is 0 Å². The highest BCUT2D eigenvalue weighted by Crippen LogP contribution is 2.28. The van der Waals surface area contributed by atoms with Crippen molar-refractivity contribution in [1.29, 1.82) is 0 Å². The molecule has 0 bridgehead atoms. The second-order valence-corrected chi connectivity index (χ2v) is 35.9. The van der Waals surface area contributed by atoms with Gasteiger partial charge in [-0.25, -0.2) is 13.2 Å². The zero-order valence-electron chi connectivity index (χ0n) is 67.4. The van der Waals surface area contributed by atoms with Gasteiger partial charge in [0.2, 0.25) is 17.1 Å². The molecule has 0 radical (unpaired) electrons. The quantitative estimate of drug-likeness (QED) is 0.0175. The molecule has 600 valence electrons. The van der Waals surface area contributed by atoms with E-state index in [0.717, 1.165) is 77.3 Å². The average Bonchev–Trinajstić information content (AvgIpc) is 0.923. The summed E-state index contributed by atoms with van der Waals surface area (Å²) in [5.74, 6) is -1.70. The molecular formula is C75H157N7O15S3. The number of carbonyl (C=O) groups excluding carboxylic acids is 6. The van der Waals surface area contributed by atoms with Crippen LogP contribution >= 0.6 is 0 Å². The van der Waals surface area contributed by atoms with Crippen molar-refractivity contribution >= 4 is 70.2 Å². The minimum atomic E-state index is -3.30. The van der Waals surface area contributed by atoms with Gasteiger partial charge in [-0.15, -0.1) is 5.01 Å². The number of rotatable bonds is 30. The molecule has 2 unspecified atom stereocenters.